The smallest absolute Gasteiger partial charge is 0.416 e. The molecule has 10 heteroatoms. The van der Waals surface area contributed by atoms with Gasteiger partial charge in [-0.25, -0.2) is 0 Å². The van der Waals surface area contributed by atoms with Gasteiger partial charge in [0.25, 0.3) is 5.91 Å². The van der Waals surface area contributed by atoms with Gasteiger partial charge in [-0.05, 0) is 48.0 Å². The second-order valence-corrected chi connectivity index (χ2v) is 7.82. The van der Waals surface area contributed by atoms with Gasteiger partial charge in [0.1, 0.15) is 6.04 Å². The lowest BCUT2D eigenvalue weighted by Gasteiger charge is -2.16. The molecule has 1 aromatic heterocycles. The normalized spacial score (nSPS) is 13.5. The molecule has 1 atom stereocenters. The Morgan fingerprint density at radius 1 is 0.971 bits per heavy atom. The van der Waals surface area contributed by atoms with Gasteiger partial charge >= 0.3 is 6.18 Å². The predicted molar refractivity (Wildman–Crippen MR) is 118 cm³/mol. The SMILES string of the molecule is O=C(N[C@@H](Cc1ccccc1)c1nc(-c2ccc3c(c2)OCO3)no1)c1ccc(C(F)(F)F)cc1. The van der Waals surface area contributed by atoms with Crippen LogP contribution in [0.4, 0.5) is 13.2 Å². The fourth-order valence-electron chi connectivity index (χ4n) is 3.63. The summed E-state index contributed by atoms with van der Waals surface area (Å²) in [5.74, 6) is 1.05. The van der Waals surface area contributed by atoms with Crippen molar-refractivity contribution >= 4 is 5.91 Å². The fraction of sp³-hybridized carbons (Fsp3) is 0.160. The van der Waals surface area contributed by atoms with Crippen LogP contribution in [0.1, 0.15) is 33.4 Å². The van der Waals surface area contributed by atoms with Crippen LogP contribution in [0.15, 0.2) is 77.3 Å². The average Bonchev–Trinajstić information content (AvgIpc) is 3.53. The number of carbonyl (C=O) groups excluding carboxylic acids is 1. The van der Waals surface area contributed by atoms with Crippen LogP contribution in [-0.4, -0.2) is 22.8 Å². The molecule has 178 valence electrons. The number of aromatic nitrogens is 2. The van der Waals surface area contributed by atoms with Crippen LogP contribution < -0.4 is 14.8 Å². The molecule has 0 bridgehead atoms. The van der Waals surface area contributed by atoms with Crippen molar-refractivity contribution in [3.8, 4) is 22.9 Å². The van der Waals surface area contributed by atoms with Crippen LogP contribution in [-0.2, 0) is 12.6 Å². The second kappa shape index (κ2) is 9.13. The number of fused-ring (bicyclic) bond motifs is 1. The molecule has 5 rings (SSSR count). The largest absolute Gasteiger partial charge is 0.454 e. The molecule has 35 heavy (non-hydrogen) atoms. The third-order valence-electron chi connectivity index (χ3n) is 5.43. The molecule has 4 aromatic rings. The Morgan fingerprint density at radius 2 is 1.71 bits per heavy atom. The number of amides is 1. The number of hydrogen-bond acceptors (Lipinski definition) is 6. The van der Waals surface area contributed by atoms with E-state index in [-0.39, 0.29) is 18.2 Å². The highest BCUT2D eigenvalue weighted by Crippen LogP contribution is 2.35. The molecule has 2 heterocycles. The first-order chi connectivity index (χ1) is 16.9. The first-order valence-corrected chi connectivity index (χ1v) is 10.6. The number of ether oxygens (including phenoxy) is 2. The van der Waals surface area contributed by atoms with Crippen LogP contribution in [0.2, 0.25) is 0 Å². The van der Waals surface area contributed by atoms with E-state index < -0.39 is 23.7 Å². The van der Waals surface area contributed by atoms with Crippen LogP contribution in [0.3, 0.4) is 0 Å². The summed E-state index contributed by atoms with van der Waals surface area (Å²) < 4.78 is 54.8. The van der Waals surface area contributed by atoms with E-state index in [0.29, 0.717) is 29.3 Å². The lowest BCUT2D eigenvalue weighted by atomic mass is 10.0. The van der Waals surface area contributed by atoms with E-state index in [1.165, 1.54) is 0 Å². The van der Waals surface area contributed by atoms with Crippen molar-refractivity contribution < 1.29 is 32.0 Å². The first kappa shape index (κ1) is 22.5. The highest BCUT2D eigenvalue weighted by Gasteiger charge is 2.30. The number of alkyl halides is 3. The van der Waals surface area contributed by atoms with Gasteiger partial charge in [0.15, 0.2) is 11.5 Å². The van der Waals surface area contributed by atoms with Gasteiger partial charge in [-0.2, -0.15) is 18.2 Å². The number of hydrogen-bond donors (Lipinski definition) is 1. The maximum absolute atomic E-state index is 12.9. The van der Waals surface area contributed by atoms with E-state index in [2.05, 4.69) is 15.5 Å². The van der Waals surface area contributed by atoms with Gasteiger partial charge in [0.2, 0.25) is 18.5 Å². The van der Waals surface area contributed by atoms with Gasteiger partial charge in [0.05, 0.1) is 5.56 Å². The fourth-order valence-corrected chi connectivity index (χ4v) is 3.63. The van der Waals surface area contributed by atoms with E-state index in [9.17, 15) is 18.0 Å². The van der Waals surface area contributed by atoms with Crippen LogP contribution in [0.25, 0.3) is 11.4 Å². The van der Waals surface area contributed by atoms with E-state index in [0.717, 1.165) is 29.8 Å². The molecule has 0 saturated carbocycles. The highest BCUT2D eigenvalue weighted by atomic mass is 19.4. The first-order valence-electron chi connectivity index (χ1n) is 10.6. The van der Waals surface area contributed by atoms with Gasteiger partial charge in [-0.3, -0.25) is 4.79 Å². The highest BCUT2D eigenvalue weighted by molar-refractivity contribution is 5.94. The Morgan fingerprint density at radius 3 is 2.46 bits per heavy atom. The molecule has 3 aromatic carbocycles. The topological polar surface area (TPSA) is 86.5 Å². The van der Waals surface area contributed by atoms with Crippen molar-refractivity contribution in [3.63, 3.8) is 0 Å². The molecule has 0 radical (unpaired) electrons. The van der Waals surface area contributed by atoms with Crippen LogP contribution in [0.5, 0.6) is 11.5 Å². The Hall–Kier alpha value is -4.34. The van der Waals surface area contributed by atoms with Crippen LogP contribution in [0, 0.1) is 0 Å². The Bertz CT molecular complexity index is 1340. The molecule has 1 N–H and O–H groups in total. The number of rotatable bonds is 6. The molecule has 0 aliphatic carbocycles. The minimum absolute atomic E-state index is 0.0755. The number of nitrogens with zero attached hydrogens (tertiary/aromatic N) is 2. The number of nitrogens with one attached hydrogen (secondary N) is 1. The van der Waals surface area contributed by atoms with Crippen molar-refractivity contribution in [2.45, 2.75) is 18.6 Å². The average molecular weight is 481 g/mol. The number of carbonyl (C=O) groups is 1. The second-order valence-electron chi connectivity index (χ2n) is 7.82. The standard InChI is InChI=1S/C25H18F3N3O4/c26-25(27,28)18-9-6-16(7-10-18)23(32)29-19(12-15-4-2-1-3-5-15)24-30-22(31-35-24)17-8-11-20-21(13-17)34-14-33-20/h1-11,13,19H,12,14H2,(H,29,32)/t19-/m0/s1. The maximum Gasteiger partial charge on any atom is 0.416 e. The summed E-state index contributed by atoms with van der Waals surface area (Å²) in [4.78, 5) is 17.3. The zero-order chi connectivity index (χ0) is 24.4. The maximum atomic E-state index is 12.9. The quantitative estimate of drug-likeness (QED) is 0.408. The minimum Gasteiger partial charge on any atom is -0.454 e. The molecule has 0 spiro atoms. The van der Waals surface area contributed by atoms with Gasteiger partial charge in [-0.15, -0.1) is 0 Å². The molecule has 0 fully saturated rings. The molecule has 7 nitrogen and oxygen atoms in total. The summed E-state index contributed by atoms with van der Waals surface area (Å²) in [6.45, 7) is 0.130. The lowest BCUT2D eigenvalue weighted by molar-refractivity contribution is -0.137. The molecule has 1 aliphatic heterocycles. The van der Waals surface area contributed by atoms with E-state index in [1.54, 1.807) is 18.2 Å². The monoisotopic (exact) mass is 481 g/mol. The summed E-state index contributed by atoms with van der Waals surface area (Å²) in [6, 6.07) is 17.8. The van der Waals surface area contributed by atoms with Crippen LogP contribution >= 0.6 is 0 Å². The van der Waals surface area contributed by atoms with Crippen molar-refractivity contribution in [2.24, 2.45) is 0 Å². The Balaban J connectivity index is 1.40. The Kier molecular flexibility index (Phi) is 5.86. The zero-order valence-electron chi connectivity index (χ0n) is 18.1. The molecular formula is C25H18F3N3O4. The summed E-state index contributed by atoms with van der Waals surface area (Å²) in [5, 5.41) is 6.84. The van der Waals surface area contributed by atoms with Crippen molar-refractivity contribution in [1.29, 1.82) is 0 Å². The summed E-state index contributed by atoms with van der Waals surface area (Å²) >= 11 is 0. The predicted octanol–water partition coefficient (Wildman–Crippen LogP) is 5.20. The van der Waals surface area contributed by atoms with Gasteiger partial charge in [0, 0.05) is 17.5 Å². The molecule has 0 saturated heterocycles. The number of halogens is 3. The lowest BCUT2D eigenvalue weighted by Crippen LogP contribution is -2.30. The summed E-state index contributed by atoms with van der Waals surface area (Å²) in [5.41, 5.74) is 0.775. The van der Waals surface area contributed by atoms with E-state index >= 15 is 0 Å². The zero-order valence-corrected chi connectivity index (χ0v) is 18.1. The number of benzene rings is 3. The van der Waals surface area contributed by atoms with Gasteiger partial charge in [-0.1, -0.05) is 35.5 Å². The molecule has 0 unspecified atom stereocenters. The molecule has 1 amide bonds. The molecule has 1 aliphatic rings. The third kappa shape index (κ3) is 4.96. The van der Waals surface area contributed by atoms with E-state index in [1.807, 2.05) is 30.3 Å². The van der Waals surface area contributed by atoms with Crippen molar-refractivity contribution in [2.75, 3.05) is 6.79 Å². The third-order valence-corrected chi connectivity index (χ3v) is 5.43. The van der Waals surface area contributed by atoms with Crippen molar-refractivity contribution in [3.05, 3.63) is 95.4 Å². The van der Waals surface area contributed by atoms with E-state index in [4.69, 9.17) is 14.0 Å². The van der Waals surface area contributed by atoms with Gasteiger partial charge < -0.3 is 19.3 Å². The Labute approximate surface area is 197 Å². The molecular weight excluding hydrogens is 463 g/mol. The van der Waals surface area contributed by atoms with Crippen molar-refractivity contribution in [1.82, 2.24) is 15.5 Å². The summed E-state index contributed by atoms with van der Waals surface area (Å²) in [7, 11) is 0. The summed E-state index contributed by atoms with van der Waals surface area (Å²) in [6.07, 6.45) is -4.16. The minimum atomic E-state index is -4.49.